The van der Waals surface area contributed by atoms with Crippen molar-refractivity contribution in [2.45, 2.75) is 55.7 Å². The molecule has 0 spiro atoms. The van der Waals surface area contributed by atoms with Crippen molar-refractivity contribution in [3.05, 3.63) is 23.4 Å². The Labute approximate surface area is 112 Å². The molecule has 1 aliphatic carbocycles. The number of carbonyl (C=O) groups is 1. The second-order valence-corrected chi connectivity index (χ2v) is 6.04. The van der Waals surface area contributed by atoms with Crippen molar-refractivity contribution < 1.29 is 9.90 Å². The van der Waals surface area contributed by atoms with Crippen molar-refractivity contribution in [3.63, 3.8) is 0 Å². The standard InChI is InChI=1S/C14H19NO2S/c1-2-11-8-10(14(16)17)9-13(15-11)18-12-6-4-3-5-7-12/h8-9,12H,2-7H2,1H3,(H,16,17). The number of hydrogen-bond donors (Lipinski definition) is 1. The lowest BCUT2D eigenvalue weighted by Gasteiger charge is -2.20. The monoisotopic (exact) mass is 265 g/mol. The summed E-state index contributed by atoms with van der Waals surface area (Å²) in [6.45, 7) is 2.00. The summed E-state index contributed by atoms with van der Waals surface area (Å²) < 4.78 is 0. The molecule has 0 saturated heterocycles. The minimum Gasteiger partial charge on any atom is -0.478 e. The highest BCUT2D eigenvalue weighted by Gasteiger charge is 2.16. The van der Waals surface area contributed by atoms with Crippen LogP contribution in [0.4, 0.5) is 0 Å². The summed E-state index contributed by atoms with van der Waals surface area (Å²) >= 11 is 1.75. The lowest BCUT2D eigenvalue weighted by Crippen LogP contribution is -2.09. The Kier molecular flexibility index (Phi) is 4.64. The summed E-state index contributed by atoms with van der Waals surface area (Å²) in [5, 5.41) is 10.6. The smallest absolute Gasteiger partial charge is 0.335 e. The van der Waals surface area contributed by atoms with Crippen molar-refractivity contribution in [2.75, 3.05) is 0 Å². The lowest BCUT2D eigenvalue weighted by molar-refractivity contribution is 0.0696. The summed E-state index contributed by atoms with van der Waals surface area (Å²) in [5.74, 6) is -0.863. The molecule has 18 heavy (non-hydrogen) atoms. The van der Waals surface area contributed by atoms with E-state index in [1.54, 1.807) is 23.9 Å². The molecule has 0 radical (unpaired) electrons. The average Bonchev–Trinajstić information content (AvgIpc) is 2.39. The van der Waals surface area contributed by atoms with Crippen LogP contribution >= 0.6 is 11.8 Å². The van der Waals surface area contributed by atoms with Gasteiger partial charge in [-0.05, 0) is 31.4 Å². The van der Waals surface area contributed by atoms with Crippen molar-refractivity contribution in [1.29, 1.82) is 0 Å². The molecular weight excluding hydrogens is 246 g/mol. The Hall–Kier alpha value is -1.03. The first-order chi connectivity index (χ1) is 8.69. The third kappa shape index (κ3) is 3.48. The largest absolute Gasteiger partial charge is 0.478 e. The number of hydrogen-bond acceptors (Lipinski definition) is 3. The van der Waals surface area contributed by atoms with E-state index in [1.807, 2.05) is 6.92 Å². The number of carboxylic acid groups (broad SMARTS) is 1. The zero-order valence-electron chi connectivity index (χ0n) is 10.7. The third-order valence-corrected chi connectivity index (χ3v) is 4.56. The Morgan fingerprint density at radius 2 is 2.11 bits per heavy atom. The second kappa shape index (κ2) is 6.23. The van der Waals surface area contributed by atoms with Gasteiger partial charge >= 0.3 is 5.97 Å². The molecule has 0 aliphatic heterocycles. The molecule has 98 valence electrons. The molecule has 4 heteroatoms. The van der Waals surface area contributed by atoms with Gasteiger partial charge < -0.3 is 5.11 Å². The van der Waals surface area contributed by atoms with Crippen LogP contribution in [-0.2, 0) is 6.42 Å². The number of thioether (sulfide) groups is 1. The molecule has 2 rings (SSSR count). The highest BCUT2D eigenvalue weighted by atomic mass is 32.2. The quantitative estimate of drug-likeness (QED) is 0.900. The average molecular weight is 265 g/mol. The van der Waals surface area contributed by atoms with Crippen LogP contribution in [0.3, 0.4) is 0 Å². The summed E-state index contributed by atoms with van der Waals surface area (Å²) in [4.78, 5) is 15.6. The van der Waals surface area contributed by atoms with E-state index in [0.717, 1.165) is 17.1 Å². The topological polar surface area (TPSA) is 50.2 Å². The van der Waals surface area contributed by atoms with Gasteiger partial charge in [-0.15, -0.1) is 11.8 Å². The van der Waals surface area contributed by atoms with Crippen LogP contribution in [0.25, 0.3) is 0 Å². The van der Waals surface area contributed by atoms with E-state index in [2.05, 4.69) is 4.98 Å². The molecule has 0 amide bonds. The number of pyridine rings is 1. The zero-order chi connectivity index (χ0) is 13.0. The molecule has 0 bridgehead atoms. The summed E-state index contributed by atoms with van der Waals surface area (Å²) in [6.07, 6.45) is 7.14. The van der Waals surface area contributed by atoms with E-state index in [9.17, 15) is 4.79 Å². The van der Waals surface area contributed by atoms with Crippen LogP contribution < -0.4 is 0 Å². The maximum atomic E-state index is 11.1. The fourth-order valence-corrected chi connectivity index (χ4v) is 3.55. The van der Waals surface area contributed by atoms with Gasteiger partial charge in [-0.3, -0.25) is 0 Å². The lowest BCUT2D eigenvalue weighted by atomic mass is 10.0. The van der Waals surface area contributed by atoms with Gasteiger partial charge in [0, 0.05) is 10.9 Å². The number of aromatic carboxylic acids is 1. The zero-order valence-corrected chi connectivity index (χ0v) is 11.5. The van der Waals surface area contributed by atoms with Gasteiger partial charge in [0.05, 0.1) is 10.6 Å². The molecule has 1 saturated carbocycles. The predicted molar refractivity (Wildman–Crippen MR) is 73.3 cm³/mol. The van der Waals surface area contributed by atoms with Gasteiger partial charge in [-0.25, -0.2) is 9.78 Å². The van der Waals surface area contributed by atoms with Crippen molar-refractivity contribution in [1.82, 2.24) is 4.98 Å². The van der Waals surface area contributed by atoms with Gasteiger partial charge in [-0.1, -0.05) is 26.2 Å². The molecule has 0 atom stereocenters. The third-order valence-electron chi connectivity index (χ3n) is 3.30. The van der Waals surface area contributed by atoms with Gasteiger partial charge in [0.1, 0.15) is 0 Å². The maximum absolute atomic E-state index is 11.1. The van der Waals surface area contributed by atoms with E-state index in [4.69, 9.17) is 5.11 Å². The summed E-state index contributed by atoms with van der Waals surface area (Å²) in [6, 6.07) is 3.38. The highest BCUT2D eigenvalue weighted by Crippen LogP contribution is 2.33. The maximum Gasteiger partial charge on any atom is 0.335 e. The molecule has 1 fully saturated rings. The minimum atomic E-state index is -0.863. The molecule has 1 N–H and O–H groups in total. The van der Waals surface area contributed by atoms with Crippen LogP contribution in [0.5, 0.6) is 0 Å². The van der Waals surface area contributed by atoms with Gasteiger partial charge in [-0.2, -0.15) is 0 Å². The summed E-state index contributed by atoms with van der Waals surface area (Å²) in [5.41, 5.74) is 1.23. The number of nitrogens with zero attached hydrogens (tertiary/aromatic N) is 1. The van der Waals surface area contributed by atoms with E-state index in [-0.39, 0.29) is 0 Å². The first kappa shape index (κ1) is 13.4. The van der Waals surface area contributed by atoms with Gasteiger partial charge in [0.25, 0.3) is 0 Å². The molecule has 3 nitrogen and oxygen atoms in total. The Morgan fingerprint density at radius 1 is 1.39 bits per heavy atom. The van der Waals surface area contributed by atoms with Crippen LogP contribution in [0.1, 0.15) is 55.1 Å². The van der Waals surface area contributed by atoms with E-state index < -0.39 is 5.97 Å². The van der Waals surface area contributed by atoms with Gasteiger partial charge in [0.15, 0.2) is 0 Å². The molecular formula is C14H19NO2S. The van der Waals surface area contributed by atoms with E-state index in [1.165, 1.54) is 32.1 Å². The normalized spacial score (nSPS) is 16.7. The molecule has 1 heterocycles. The van der Waals surface area contributed by atoms with Crippen LogP contribution in [0, 0.1) is 0 Å². The van der Waals surface area contributed by atoms with Crippen LogP contribution in [0.2, 0.25) is 0 Å². The number of carboxylic acids is 1. The molecule has 0 unspecified atom stereocenters. The summed E-state index contributed by atoms with van der Waals surface area (Å²) in [7, 11) is 0. The van der Waals surface area contributed by atoms with Crippen molar-refractivity contribution >= 4 is 17.7 Å². The Morgan fingerprint density at radius 3 is 2.72 bits per heavy atom. The first-order valence-electron chi connectivity index (χ1n) is 6.60. The van der Waals surface area contributed by atoms with E-state index >= 15 is 0 Å². The molecule has 0 aromatic carbocycles. The number of aromatic nitrogens is 1. The van der Waals surface area contributed by atoms with Crippen LogP contribution in [0.15, 0.2) is 17.2 Å². The second-order valence-electron chi connectivity index (χ2n) is 4.72. The Balaban J connectivity index is 2.15. The minimum absolute atomic E-state index is 0.361. The number of rotatable bonds is 4. The fourth-order valence-electron chi connectivity index (χ4n) is 2.28. The predicted octanol–water partition coefficient (Wildman–Crippen LogP) is 3.77. The number of aryl methyl sites for hydroxylation is 1. The SMILES string of the molecule is CCc1cc(C(=O)O)cc(SC2CCCCC2)n1. The van der Waals surface area contributed by atoms with Crippen molar-refractivity contribution in [2.24, 2.45) is 0 Å². The van der Waals surface area contributed by atoms with E-state index in [0.29, 0.717) is 10.8 Å². The molecule has 1 aromatic rings. The molecule has 1 aliphatic rings. The fraction of sp³-hybridized carbons (Fsp3) is 0.571. The first-order valence-corrected chi connectivity index (χ1v) is 7.48. The molecule has 1 aromatic heterocycles. The van der Waals surface area contributed by atoms with Crippen molar-refractivity contribution in [3.8, 4) is 0 Å². The highest BCUT2D eigenvalue weighted by molar-refractivity contribution is 7.99. The Bertz CT molecular complexity index is 428. The van der Waals surface area contributed by atoms with Gasteiger partial charge in [0.2, 0.25) is 0 Å². The van der Waals surface area contributed by atoms with Crippen LogP contribution in [-0.4, -0.2) is 21.3 Å².